The quantitative estimate of drug-likeness (QED) is 0.755. The number of halogens is 1. The highest BCUT2D eigenvalue weighted by Crippen LogP contribution is 2.29. The van der Waals surface area contributed by atoms with E-state index in [4.69, 9.17) is 21.1 Å². The summed E-state index contributed by atoms with van der Waals surface area (Å²) < 4.78 is 35.7. The van der Waals surface area contributed by atoms with Crippen LogP contribution in [0.3, 0.4) is 0 Å². The molecule has 27 heavy (non-hydrogen) atoms. The Labute approximate surface area is 163 Å². The first-order valence-corrected chi connectivity index (χ1v) is 10.1. The van der Waals surface area contributed by atoms with Gasteiger partial charge in [0, 0.05) is 11.1 Å². The molecule has 2 aromatic rings. The number of rotatable bonds is 7. The number of benzene rings is 2. The summed E-state index contributed by atoms with van der Waals surface area (Å²) in [7, 11) is -0.739. The first kappa shape index (κ1) is 20.9. The summed E-state index contributed by atoms with van der Waals surface area (Å²) in [5, 5.41) is 3.06. The van der Waals surface area contributed by atoms with Gasteiger partial charge in [0.1, 0.15) is 18.0 Å². The molecule has 0 aliphatic rings. The Morgan fingerprint density at radius 2 is 1.85 bits per heavy atom. The minimum absolute atomic E-state index is 0.306. The van der Waals surface area contributed by atoms with Crippen molar-refractivity contribution >= 4 is 38.9 Å². The number of carbonyl (C=O) groups excluding carboxylic acids is 1. The third kappa shape index (κ3) is 5.27. The average Bonchev–Trinajstić information content (AvgIpc) is 2.61. The fourth-order valence-corrected chi connectivity index (χ4v) is 3.39. The van der Waals surface area contributed by atoms with Gasteiger partial charge in [-0.05, 0) is 36.8 Å². The number of ether oxygens (including phenoxy) is 2. The largest absolute Gasteiger partial charge is 0.497 e. The highest BCUT2D eigenvalue weighted by molar-refractivity contribution is 7.92. The zero-order valence-electron chi connectivity index (χ0n) is 15.4. The summed E-state index contributed by atoms with van der Waals surface area (Å²) in [5.74, 6) is 0.411. The van der Waals surface area contributed by atoms with Crippen molar-refractivity contribution in [1.29, 1.82) is 0 Å². The normalized spacial score (nSPS) is 11.0. The number of anilines is 2. The van der Waals surface area contributed by atoms with Crippen molar-refractivity contribution in [2.24, 2.45) is 0 Å². The maximum Gasteiger partial charge on any atom is 0.245 e. The fourth-order valence-electron chi connectivity index (χ4n) is 2.37. The zero-order valence-corrected chi connectivity index (χ0v) is 17.0. The van der Waals surface area contributed by atoms with Crippen molar-refractivity contribution in [2.45, 2.75) is 6.92 Å². The van der Waals surface area contributed by atoms with Crippen molar-refractivity contribution < 1.29 is 22.7 Å². The predicted octanol–water partition coefficient (Wildman–Crippen LogP) is 3.07. The smallest absolute Gasteiger partial charge is 0.245 e. The molecular weight excluding hydrogens is 392 g/mol. The van der Waals surface area contributed by atoms with Crippen LogP contribution in [-0.2, 0) is 14.8 Å². The molecule has 7 nitrogen and oxygen atoms in total. The fraction of sp³-hybridized carbons (Fsp3) is 0.278. The molecule has 0 aromatic heterocycles. The van der Waals surface area contributed by atoms with Crippen LogP contribution in [0.15, 0.2) is 36.4 Å². The molecule has 2 rings (SSSR count). The van der Waals surface area contributed by atoms with Crippen molar-refractivity contribution in [3.8, 4) is 11.5 Å². The molecule has 0 atom stereocenters. The third-order valence-corrected chi connectivity index (χ3v) is 5.36. The Morgan fingerprint density at radius 3 is 2.41 bits per heavy atom. The van der Waals surface area contributed by atoms with E-state index in [0.717, 1.165) is 16.1 Å². The molecule has 0 fully saturated rings. The lowest BCUT2D eigenvalue weighted by molar-refractivity contribution is -0.114. The number of hydrogen-bond donors (Lipinski definition) is 1. The van der Waals surface area contributed by atoms with Gasteiger partial charge in [0.2, 0.25) is 15.9 Å². The van der Waals surface area contributed by atoms with Crippen molar-refractivity contribution in [3.63, 3.8) is 0 Å². The Hall–Kier alpha value is -2.45. The number of carbonyl (C=O) groups is 1. The standard InChI is InChI=1S/C18H21ClN2O5S/c1-12-5-6-13(9-15(12)19)21(27(4,23)24)11-18(22)20-16-10-14(25-2)7-8-17(16)26-3/h5-10H,11H2,1-4H3,(H,20,22). The van der Waals surface area contributed by atoms with Crippen LogP contribution in [0.5, 0.6) is 11.5 Å². The minimum atomic E-state index is -3.71. The molecule has 0 bridgehead atoms. The van der Waals surface area contributed by atoms with Crippen LogP contribution in [0, 0.1) is 6.92 Å². The van der Waals surface area contributed by atoms with Crippen LogP contribution >= 0.6 is 11.6 Å². The summed E-state index contributed by atoms with van der Waals surface area (Å²) in [6, 6.07) is 9.72. The Balaban J connectivity index is 2.28. The molecular formula is C18H21ClN2O5S. The van der Waals surface area contributed by atoms with Gasteiger partial charge in [-0.25, -0.2) is 8.42 Å². The molecule has 1 N–H and O–H groups in total. The maximum absolute atomic E-state index is 12.5. The first-order valence-electron chi connectivity index (χ1n) is 7.91. The molecule has 0 spiro atoms. The third-order valence-electron chi connectivity index (χ3n) is 3.81. The number of nitrogens with zero attached hydrogens (tertiary/aromatic N) is 1. The number of sulfonamides is 1. The molecule has 0 unspecified atom stereocenters. The Bertz CT molecular complexity index is 947. The van der Waals surface area contributed by atoms with Crippen LogP contribution in [0.25, 0.3) is 0 Å². The zero-order chi connectivity index (χ0) is 20.2. The lowest BCUT2D eigenvalue weighted by atomic mass is 10.2. The van der Waals surface area contributed by atoms with E-state index in [1.165, 1.54) is 20.3 Å². The van der Waals surface area contributed by atoms with E-state index >= 15 is 0 Å². The van der Waals surface area contributed by atoms with Gasteiger partial charge in [-0.15, -0.1) is 0 Å². The lowest BCUT2D eigenvalue weighted by Gasteiger charge is -2.22. The predicted molar refractivity (Wildman–Crippen MR) is 107 cm³/mol. The van der Waals surface area contributed by atoms with E-state index in [-0.39, 0.29) is 0 Å². The molecule has 9 heteroatoms. The van der Waals surface area contributed by atoms with Gasteiger partial charge >= 0.3 is 0 Å². The average molecular weight is 413 g/mol. The van der Waals surface area contributed by atoms with E-state index in [0.29, 0.717) is 27.9 Å². The minimum Gasteiger partial charge on any atom is -0.497 e. The maximum atomic E-state index is 12.5. The molecule has 146 valence electrons. The van der Waals surface area contributed by atoms with Gasteiger partial charge in [0.25, 0.3) is 0 Å². The van der Waals surface area contributed by atoms with Crippen LogP contribution < -0.4 is 19.1 Å². The van der Waals surface area contributed by atoms with Gasteiger partial charge < -0.3 is 14.8 Å². The number of hydrogen-bond acceptors (Lipinski definition) is 5. The second kappa shape index (κ2) is 8.49. The van der Waals surface area contributed by atoms with Crippen molar-refractivity contribution in [1.82, 2.24) is 0 Å². The van der Waals surface area contributed by atoms with Gasteiger partial charge in [0.15, 0.2) is 0 Å². The SMILES string of the molecule is COc1ccc(OC)c(NC(=O)CN(c2ccc(C)c(Cl)c2)S(C)(=O)=O)c1. The molecule has 0 radical (unpaired) electrons. The molecule has 2 aromatic carbocycles. The van der Waals surface area contributed by atoms with Crippen LogP contribution in [0.1, 0.15) is 5.56 Å². The second-order valence-electron chi connectivity index (χ2n) is 5.82. The van der Waals surface area contributed by atoms with E-state index in [9.17, 15) is 13.2 Å². The summed E-state index contributed by atoms with van der Waals surface area (Å²) in [6.07, 6.45) is 1.03. The summed E-state index contributed by atoms with van der Waals surface area (Å²) in [5.41, 5.74) is 1.48. The van der Waals surface area contributed by atoms with Gasteiger partial charge in [-0.1, -0.05) is 17.7 Å². The van der Waals surface area contributed by atoms with E-state index in [1.54, 1.807) is 37.3 Å². The highest BCUT2D eigenvalue weighted by Gasteiger charge is 2.22. The lowest BCUT2D eigenvalue weighted by Crippen LogP contribution is -2.37. The van der Waals surface area contributed by atoms with Crippen molar-refractivity contribution in [3.05, 3.63) is 47.0 Å². The van der Waals surface area contributed by atoms with Gasteiger partial charge in [-0.3, -0.25) is 9.10 Å². The molecule has 1 amide bonds. The van der Waals surface area contributed by atoms with Crippen LogP contribution in [0.2, 0.25) is 5.02 Å². The highest BCUT2D eigenvalue weighted by atomic mass is 35.5. The number of aryl methyl sites for hydroxylation is 1. The molecule has 0 heterocycles. The first-order chi connectivity index (χ1) is 12.7. The Kier molecular flexibility index (Phi) is 6.56. The molecule has 0 aliphatic carbocycles. The van der Waals surface area contributed by atoms with Gasteiger partial charge in [-0.2, -0.15) is 0 Å². The molecule has 0 saturated heterocycles. The van der Waals surface area contributed by atoms with E-state index in [1.807, 2.05) is 0 Å². The Morgan fingerprint density at radius 1 is 1.15 bits per heavy atom. The van der Waals surface area contributed by atoms with Crippen LogP contribution in [0.4, 0.5) is 11.4 Å². The van der Waals surface area contributed by atoms with Crippen molar-refractivity contribution in [2.75, 3.05) is 36.6 Å². The monoisotopic (exact) mass is 412 g/mol. The molecule has 0 saturated carbocycles. The number of amides is 1. The number of methoxy groups -OCH3 is 2. The summed E-state index contributed by atoms with van der Waals surface area (Å²) in [4.78, 5) is 12.5. The van der Waals surface area contributed by atoms with Crippen LogP contribution in [-0.4, -0.2) is 41.3 Å². The van der Waals surface area contributed by atoms with Gasteiger partial charge in [0.05, 0.1) is 31.9 Å². The van der Waals surface area contributed by atoms with E-state index in [2.05, 4.69) is 5.32 Å². The second-order valence-corrected chi connectivity index (χ2v) is 8.13. The summed E-state index contributed by atoms with van der Waals surface area (Å²) >= 11 is 6.09. The summed E-state index contributed by atoms with van der Waals surface area (Å²) in [6.45, 7) is 1.39. The topological polar surface area (TPSA) is 84.9 Å². The molecule has 0 aliphatic heterocycles. The van der Waals surface area contributed by atoms with E-state index < -0.39 is 22.5 Å². The number of nitrogens with one attached hydrogen (secondary N) is 1.